The van der Waals surface area contributed by atoms with Gasteiger partial charge in [0.15, 0.2) is 5.01 Å². The number of hydrogen-bond acceptors (Lipinski definition) is 4. The molecule has 2 aromatic heterocycles. The Morgan fingerprint density at radius 3 is 2.44 bits per heavy atom. The molecule has 0 saturated carbocycles. The fraction of sp³-hybridized carbons (Fsp3) is 0.200. The average molecular weight is 338 g/mol. The van der Waals surface area contributed by atoms with Crippen molar-refractivity contribution in [2.45, 2.75) is 12.2 Å². The molecule has 96 valence electrons. The third-order valence-corrected chi connectivity index (χ3v) is 3.74. The van der Waals surface area contributed by atoms with Crippen LogP contribution in [0.1, 0.15) is 21.6 Å². The van der Waals surface area contributed by atoms with Gasteiger partial charge in [0.05, 0.1) is 11.7 Å². The normalized spacial score (nSPS) is 13.6. The summed E-state index contributed by atoms with van der Waals surface area (Å²) in [7, 11) is 0. The van der Waals surface area contributed by atoms with E-state index in [1.165, 1.54) is 0 Å². The van der Waals surface area contributed by atoms with Crippen molar-refractivity contribution in [2.75, 3.05) is 0 Å². The molecule has 2 rings (SSSR count). The van der Waals surface area contributed by atoms with Crippen LogP contribution in [0.3, 0.4) is 0 Å². The van der Waals surface area contributed by atoms with Crippen molar-refractivity contribution in [2.24, 2.45) is 5.73 Å². The standard InChI is InChI=1S/C10H7BrF3N3S/c11-5-1-2-6(16-3-5)8(15)7-4-17-9(18-7)10(12,13)14/h1-4,8H,15H2. The van der Waals surface area contributed by atoms with Crippen molar-refractivity contribution in [1.82, 2.24) is 9.97 Å². The Morgan fingerprint density at radius 2 is 1.94 bits per heavy atom. The molecule has 0 spiro atoms. The first-order chi connectivity index (χ1) is 8.38. The van der Waals surface area contributed by atoms with E-state index in [2.05, 4.69) is 25.9 Å². The zero-order valence-electron chi connectivity index (χ0n) is 8.78. The summed E-state index contributed by atoms with van der Waals surface area (Å²) in [5, 5.41) is -0.898. The molecule has 0 bridgehead atoms. The molecule has 3 nitrogen and oxygen atoms in total. The first-order valence-corrected chi connectivity index (χ1v) is 6.39. The second kappa shape index (κ2) is 4.94. The summed E-state index contributed by atoms with van der Waals surface area (Å²) in [6, 6.07) is 2.68. The smallest absolute Gasteiger partial charge is 0.318 e. The molecule has 2 aromatic rings. The highest BCUT2D eigenvalue weighted by atomic mass is 79.9. The van der Waals surface area contributed by atoms with E-state index in [0.29, 0.717) is 21.9 Å². The first-order valence-electron chi connectivity index (χ1n) is 4.78. The summed E-state index contributed by atoms with van der Waals surface area (Å²) in [6.45, 7) is 0. The van der Waals surface area contributed by atoms with Crippen LogP contribution >= 0.6 is 27.3 Å². The zero-order valence-corrected chi connectivity index (χ0v) is 11.2. The fourth-order valence-corrected chi connectivity index (χ4v) is 2.31. The minimum atomic E-state index is -4.43. The van der Waals surface area contributed by atoms with Gasteiger partial charge in [-0.05, 0) is 28.1 Å². The molecule has 0 saturated heterocycles. The first kappa shape index (κ1) is 13.4. The third-order valence-electron chi connectivity index (χ3n) is 2.14. The van der Waals surface area contributed by atoms with Crippen LogP contribution in [-0.4, -0.2) is 9.97 Å². The molecule has 8 heteroatoms. The predicted octanol–water partition coefficient (Wildman–Crippen LogP) is 3.37. The van der Waals surface area contributed by atoms with E-state index in [0.717, 1.165) is 10.7 Å². The van der Waals surface area contributed by atoms with Gasteiger partial charge in [0, 0.05) is 21.7 Å². The maximum Gasteiger partial charge on any atom is 0.443 e. The fourth-order valence-electron chi connectivity index (χ4n) is 1.28. The molecule has 18 heavy (non-hydrogen) atoms. The Kier molecular flexibility index (Phi) is 3.69. The van der Waals surface area contributed by atoms with E-state index in [1.807, 2.05) is 0 Å². The summed E-state index contributed by atoms with van der Waals surface area (Å²) in [5.74, 6) is 0. The molecule has 2 N–H and O–H groups in total. The third kappa shape index (κ3) is 2.88. The Labute approximate surface area is 113 Å². The largest absolute Gasteiger partial charge is 0.443 e. The second-order valence-electron chi connectivity index (χ2n) is 3.44. The van der Waals surface area contributed by atoms with E-state index in [9.17, 15) is 13.2 Å². The number of hydrogen-bond donors (Lipinski definition) is 1. The summed E-state index contributed by atoms with van der Waals surface area (Å²) in [5.41, 5.74) is 6.34. The minimum absolute atomic E-state index is 0.331. The van der Waals surface area contributed by atoms with Crippen LogP contribution in [0, 0.1) is 0 Å². The minimum Gasteiger partial charge on any atom is -0.318 e. The lowest BCUT2D eigenvalue weighted by molar-refractivity contribution is -0.137. The van der Waals surface area contributed by atoms with Gasteiger partial charge in [-0.3, -0.25) is 4.98 Å². The van der Waals surface area contributed by atoms with Crippen LogP contribution < -0.4 is 5.73 Å². The summed E-state index contributed by atoms with van der Waals surface area (Å²) < 4.78 is 38.0. The lowest BCUT2D eigenvalue weighted by Crippen LogP contribution is -2.11. The number of aromatic nitrogens is 2. The maximum atomic E-state index is 12.4. The van der Waals surface area contributed by atoms with Gasteiger partial charge in [0.2, 0.25) is 0 Å². The van der Waals surface area contributed by atoms with Gasteiger partial charge in [-0.1, -0.05) is 0 Å². The Morgan fingerprint density at radius 1 is 1.22 bits per heavy atom. The number of pyridine rings is 1. The molecule has 1 unspecified atom stereocenters. The summed E-state index contributed by atoms with van der Waals surface area (Å²) in [4.78, 5) is 7.71. The molecule has 2 heterocycles. The average Bonchev–Trinajstić information content (AvgIpc) is 2.78. The monoisotopic (exact) mass is 337 g/mol. The molecule has 0 aromatic carbocycles. The van der Waals surface area contributed by atoms with E-state index in [4.69, 9.17) is 5.73 Å². The highest BCUT2D eigenvalue weighted by molar-refractivity contribution is 9.10. The van der Waals surface area contributed by atoms with Gasteiger partial charge in [-0.25, -0.2) is 4.98 Å². The Bertz CT molecular complexity index is 538. The number of nitrogens with two attached hydrogens (primary N) is 1. The van der Waals surface area contributed by atoms with E-state index in [1.54, 1.807) is 18.3 Å². The quantitative estimate of drug-likeness (QED) is 0.914. The molecular formula is C10H7BrF3N3S. The molecule has 1 atom stereocenters. The second-order valence-corrected chi connectivity index (χ2v) is 5.42. The van der Waals surface area contributed by atoms with Crippen LogP contribution in [0.2, 0.25) is 0 Å². The topological polar surface area (TPSA) is 51.8 Å². The predicted molar refractivity (Wildman–Crippen MR) is 65.1 cm³/mol. The highest BCUT2D eigenvalue weighted by Crippen LogP contribution is 2.34. The van der Waals surface area contributed by atoms with Gasteiger partial charge < -0.3 is 5.73 Å². The van der Waals surface area contributed by atoms with Crippen LogP contribution in [-0.2, 0) is 6.18 Å². The molecule has 0 radical (unpaired) electrons. The molecule has 0 aliphatic heterocycles. The lowest BCUT2D eigenvalue weighted by atomic mass is 10.2. The number of halogens is 4. The summed E-state index contributed by atoms with van der Waals surface area (Å²) in [6.07, 6.45) is -1.75. The van der Waals surface area contributed by atoms with Gasteiger partial charge in [-0.15, -0.1) is 11.3 Å². The van der Waals surface area contributed by atoms with Crippen molar-refractivity contribution in [1.29, 1.82) is 0 Å². The maximum absolute atomic E-state index is 12.4. The zero-order chi connectivity index (χ0) is 13.3. The van der Waals surface area contributed by atoms with Crippen molar-refractivity contribution in [3.05, 3.63) is 44.6 Å². The lowest BCUT2D eigenvalue weighted by Gasteiger charge is -2.08. The van der Waals surface area contributed by atoms with Crippen LogP contribution in [0.25, 0.3) is 0 Å². The molecular weight excluding hydrogens is 331 g/mol. The Hall–Kier alpha value is -0.990. The Balaban J connectivity index is 2.26. The van der Waals surface area contributed by atoms with E-state index >= 15 is 0 Å². The van der Waals surface area contributed by atoms with Crippen LogP contribution in [0.15, 0.2) is 29.0 Å². The van der Waals surface area contributed by atoms with Crippen LogP contribution in [0.4, 0.5) is 13.2 Å². The SMILES string of the molecule is NC(c1ccc(Br)cn1)c1cnc(C(F)(F)F)s1. The van der Waals surface area contributed by atoms with Crippen molar-refractivity contribution in [3.8, 4) is 0 Å². The van der Waals surface area contributed by atoms with Crippen molar-refractivity contribution in [3.63, 3.8) is 0 Å². The molecule has 0 aliphatic carbocycles. The molecule has 0 fully saturated rings. The number of nitrogens with zero attached hydrogens (tertiary/aromatic N) is 2. The van der Waals surface area contributed by atoms with Crippen molar-refractivity contribution < 1.29 is 13.2 Å². The van der Waals surface area contributed by atoms with Crippen molar-refractivity contribution >= 4 is 27.3 Å². The highest BCUT2D eigenvalue weighted by Gasteiger charge is 2.35. The number of thiazole rings is 1. The molecule has 0 amide bonds. The number of alkyl halides is 3. The summed E-state index contributed by atoms with van der Waals surface area (Å²) >= 11 is 3.75. The van der Waals surface area contributed by atoms with Crippen LogP contribution in [0.5, 0.6) is 0 Å². The van der Waals surface area contributed by atoms with Gasteiger partial charge in [0.25, 0.3) is 0 Å². The van der Waals surface area contributed by atoms with Gasteiger partial charge in [-0.2, -0.15) is 13.2 Å². The number of rotatable bonds is 2. The molecule has 0 aliphatic rings. The van der Waals surface area contributed by atoms with E-state index in [-0.39, 0.29) is 0 Å². The van der Waals surface area contributed by atoms with Gasteiger partial charge in [0.1, 0.15) is 0 Å². The van der Waals surface area contributed by atoms with Gasteiger partial charge >= 0.3 is 6.18 Å². The van der Waals surface area contributed by atoms with E-state index < -0.39 is 17.2 Å².